The molecule has 2 nitrogen and oxygen atoms in total. The Morgan fingerprint density at radius 2 is 1.41 bits per heavy atom. The van der Waals surface area contributed by atoms with Crippen LogP contribution in [0.3, 0.4) is 0 Å². The summed E-state index contributed by atoms with van der Waals surface area (Å²) in [5.41, 5.74) is 3.59. The number of halogens is 1. The molecule has 3 rings (SSSR count). The smallest absolute Gasteiger partial charge is 0.119 e. The molecule has 2 N–H and O–H groups in total. The molecule has 0 fully saturated rings. The molecule has 27 heavy (non-hydrogen) atoms. The van der Waals surface area contributed by atoms with E-state index in [1.807, 2.05) is 24.3 Å². The van der Waals surface area contributed by atoms with Gasteiger partial charge in [-0.15, -0.1) is 12.4 Å². The van der Waals surface area contributed by atoms with E-state index in [4.69, 9.17) is 0 Å². The molecule has 0 spiro atoms. The Kier molecular flexibility index (Phi) is 8.38. The molecular formula is C24H28ClNO. The molecule has 0 aromatic heterocycles. The average Bonchev–Trinajstić information content (AvgIpc) is 2.68. The first-order valence-corrected chi connectivity index (χ1v) is 9.34. The monoisotopic (exact) mass is 381 g/mol. The number of hydrogen-bond acceptors (Lipinski definition) is 2. The van der Waals surface area contributed by atoms with Crippen LogP contribution >= 0.6 is 12.4 Å². The summed E-state index contributed by atoms with van der Waals surface area (Å²) < 4.78 is 0. The van der Waals surface area contributed by atoms with Crippen molar-refractivity contribution in [2.75, 3.05) is 6.54 Å². The maximum atomic E-state index is 10.3. The maximum absolute atomic E-state index is 10.3. The molecule has 0 saturated heterocycles. The fourth-order valence-electron chi connectivity index (χ4n) is 3.48. The lowest BCUT2D eigenvalue weighted by Crippen LogP contribution is -2.30. The van der Waals surface area contributed by atoms with Gasteiger partial charge in [0.1, 0.15) is 5.75 Å². The van der Waals surface area contributed by atoms with Crippen LogP contribution in [0.25, 0.3) is 0 Å². The number of rotatable bonds is 8. The number of phenols is 1. The third-order valence-electron chi connectivity index (χ3n) is 4.82. The van der Waals surface area contributed by atoms with Gasteiger partial charge in [0.2, 0.25) is 0 Å². The van der Waals surface area contributed by atoms with Crippen molar-refractivity contribution in [3.05, 3.63) is 102 Å². The summed E-state index contributed by atoms with van der Waals surface area (Å²) in [6.07, 6.45) is 1.97. The minimum Gasteiger partial charge on any atom is -0.508 e. The summed E-state index contributed by atoms with van der Waals surface area (Å²) in [4.78, 5) is 0. The molecule has 3 aromatic rings. The number of nitrogens with one attached hydrogen (secondary N) is 1. The third-order valence-corrected chi connectivity index (χ3v) is 4.82. The minimum absolute atomic E-state index is 0. The van der Waals surface area contributed by atoms with E-state index in [0.717, 1.165) is 24.9 Å². The van der Waals surface area contributed by atoms with E-state index in [0.29, 0.717) is 11.8 Å². The maximum Gasteiger partial charge on any atom is 0.119 e. The Morgan fingerprint density at radius 3 is 2.07 bits per heavy atom. The molecule has 0 saturated carbocycles. The molecule has 0 aliphatic carbocycles. The first kappa shape index (κ1) is 21.0. The fraction of sp³-hybridized carbons (Fsp3) is 0.250. The standard InChI is InChI=1S/C24H27NO.ClH/c1-19(18-20-10-4-2-5-11-20)25-17-16-22(21-12-6-3-7-13-21)23-14-8-9-15-24(23)26;/h2-15,19,22,25-26H,16-18H2,1H3;1H. The topological polar surface area (TPSA) is 32.3 Å². The van der Waals surface area contributed by atoms with Crippen molar-refractivity contribution in [2.45, 2.75) is 31.7 Å². The minimum atomic E-state index is 0. The van der Waals surface area contributed by atoms with E-state index in [1.54, 1.807) is 6.07 Å². The zero-order valence-electron chi connectivity index (χ0n) is 15.7. The number of hydrogen-bond donors (Lipinski definition) is 2. The molecule has 142 valence electrons. The van der Waals surface area contributed by atoms with Gasteiger partial charge in [0.05, 0.1) is 0 Å². The SMILES string of the molecule is CC(Cc1ccccc1)NCCC(c1ccccc1)c1ccccc1O.Cl. The number of phenolic OH excluding ortho intramolecular Hbond substituents is 1. The van der Waals surface area contributed by atoms with Crippen LogP contribution in [0.4, 0.5) is 0 Å². The van der Waals surface area contributed by atoms with Crippen molar-refractivity contribution in [3.8, 4) is 5.75 Å². The van der Waals surface area contributed by atoms with E-state index in [9.17, 15) is 5.11 Å². The van der Waals surface area contributed by atoms with Crippen molar-refractivity contribution >= 4 is 12.4 Å². The van der Waals surface area contributed by atoms with Gasteiger partial charge in [-0.05, 0) is 43.5 Å². The summed E-state index contributed by atoms with van der Waals surface area (Å²) in [5.74, 6) is 0.563. The largest absolute Gasteiger partial charge is 0.508 e. The lowest BCUT2D eigenvalue weighted by Gasteiger charge is -2.21. The highest BCUT2D eigenvalue weighted by Gasteiger charge is 2.17. The first-order chi connectivity index (χ1) is 12.7. The molecule has 0 radical (unpaired) electrons. The lowest BCUT2D eigenvalue weighted by molar-refractivity contribution is 0.458. The van der Waals surface area contributed by atoms with Crippen molar-refractivity contribution in [3.63, 3.8) is 0 Å². The van der Waals surface area contributed by atoms with Gasteiger partial charge in [0.15, 0.2) is 0 Å². The summed E-state index contributed by atoms with van der Waals surface area (Å²) in [6.45, 7) is 3.13. The fourth-order valence-corrected chi connectivity index (χ4v) is 3.48. The van der Waals surface area contributed by atoms with E-state index >= 15 is 0 Å². The molecule has 0 aliphatic rings. The predicted octanol–water partition coefficient (Wildman–Crippen LogP) is 5.56. The highest BCUT2D eigenvalue weighted by Crippen LogP contribution is 2.33. The molecule has 0 bridgehead atoms. The molecule has 2 atom stereocenters. The second-order valence-electron chi connectivity index (χ2n) is 6.86. The third kappa shape index (κ3) is 6.13. The lowest BCUT2D eigenvalue weighted by atomic mass is 9.88. The number of para-hydroxylation sites is 1. The Balaban J connectivity index is 0.00000261. The molecular weight excluding hydrogens is 354 g/mol. The van der Waals surface area contributed by atoms with Gasteiger partial charge >= 0.3 is 0 Å². The van der Waals surface area contributed by atoms with Gasteiger partial charge in [0.25, 0.3) is 0 Å². The summed E-state index contributed by atoms with van der Waals surface area (Å²) >= 11 is 0. The van der Waals surface area contributed by atoms with E-state index < -0.39 is 0 Å². The van der Waals surface area contributed by atoms with Crippen molar-refractivity contribution in [1.82, 2.24) is 5.32 Å². The van der Waals surface area contributed by atoms with Gasteiger partial charge in [-0.2, -0.15) is 0 Å². The first-order valence-electron chi connectivity index (χ1n) is 9.34. The van der Waals surface area contributed by atoms with Crippen LogP contribution in [0.15, 0.2) is 84.9 Å². The Labute approximate surface area is 168 Å². The quantitative estimate of drug-likeness (QED) is 0.535. The van der Waals surface area contributed by atoms with Crippen LogP contribution in [0.1, 0.15) is 36.0 Å². The van der Waals surface area contributed by atoms with Gasteiger partial charge in [0, 0.05) is 17.5 Å². The van der Waals surface area contributed by atoms with E-state index in [2.05, 4.69) is 66.8 Å². The van der Waals surface area contributed by atoms with Crippen LogP contribution in [0, 0.1) is 0 Å². The van der Waals surface area contributed by atoms with Crippen LogP contribution in [0.2, 0.25) is 0 Å². The molecule has 0 amide bonds. The average molecular weight is 382 g/mol. The zero-order valence-corrected chi connectivity index (χ0v) is 16.5. The van der Waals surface area contributed by atoms with E-state index in [1.165, 1.54) is 11.1 Å². The Hall–Kier alpha value is -2.29. The van der Waals surface area contributed by atoms with E-state index in [-0.39, 0.29) is 18.3 Å². The molecule has 0 aliphatic heterocycles. The van der Waals surface area contributed by atoms with Gasteiger partial charge in [-0.1, -0.05) is 78.9 Å². The van der Waals surface area contributed by atoms with Gasteiger partial charge in [-0.3, -0.25) is 0 Å². The second-order valence-corrected chi connectivity index (χ2v) is 6.86. The van der Waals surface area contributed by atoms with Gasteiger partial charge in [-0.25, -0.2) is 0 Å². The molecule has 3 heteroatoms. The normalized spacial score (nSPS) is 12.8. The van der Waals surface area contributed by atoms with Crippen LogP contribution < -0.4 is 5.32 Å². The summed E-state index contributed by atoms with van der Waals surface area (Å²) in [5, 5.41) is 14.0. The Morgan fingerprint density at radius 1 is 0.815 bits per heavy atom. The predicted molar refractivity (Wildman–Crippen MR) is 116 cm³/mol. The highest BCUT2D eigenvalue weighted by atomic mass is 35.5. The summed E-state index contributed by atoms with van der Waals surface area (Å²) in [7, 11) is 0. The highest BCUT2D eigenvalue weighted by molar-refractivity contribution is 5.85. The van der Waals surface area contributed by atoms with Crippen LogP contribution in [-0.2, 0) is 6.42 Å². The number of aromatic hydroxyl groups is 1. The molecule has 3 aromatic carbocycles. The summed E-state index contributed by atoms with van der Waals surface area (Å²) in [6, 6.07) is 29.1. The van der Waals surface area contributed by atoms with Crippen molar-refractivity contribution in [1.29, 1.82) is 0 Å². The second kappa shape index (κ2) is 10.8. The van der Waals surface area contributed by atoms with Gasteiger partial charge < -0.3 is 10.4 Å². The van der Waals surface area contributed by atoms with Crippen LogP contribution in [0.5, 0.6) is 5.75 Å². The Bertz CT molecular complexity index is 792. The van der Waals surface area contributed by atoms with Crippen molar-refractivity contribution in [2.24, 2.45) is 0 Å². The van der Waals surface area contributed by atoms with Crippen LogP contribution in [-0.4, -0.2) is 17.7 Å². The molecule has 0 heterocycles. The molecule has 2 unspecified atom stereocenters. The number of benzene rings is 3. The zero-order chi connectivity index (χ0) is 18.2. The van der Waals surface area contributed by atoms with Crippen molar-refractivity contribution < 1.29 is 5.11 Å².